The molecule has 0 aliphatic carbocycles. The van der Waals surface area contributed by atoms with Crippen LogP contribution in [0.25, 0.3) is 0 Å². The molecule has 2 amide bonds. The zero-order chi connectivity index (χ0) is 22.8. The van der Waals surface area contributed by atoms with Crippen LogP contribution in [0, 0.1) is 0 Å². The normalized spacial score (nSPS) is 30.0. The molecule has 2 atom stereocenters. The molecule has 5 N–H and O–H groups in total. The first-order valence-electron chi connectivity index (χ1n) is 10.5. The van der Waals surface area contributed by atoms with Crippen molar-refractivity contribution in [1.82, 2.24) is 10.2 Å². The summed E-state index contributed by atoms with van der Waals surface area (Å²) in [6.45, 7) is 9.83. The first kappa shape index (κ1) is 25.0. The molecule has 3 heterocycles. The second kappa shape index (κ2) is 9.05. The van der Waals surface area contributed by atoms with Gasteiger partial charge in [0.05, 0.1) is 13.2 Å². The van der Waals surface area contributed by atoms with Crippen molar-refractivity contribution in [2.75, 3.05) is 26.2 Å². The van der Waals surface area contributed by atoms with Crippen molar-refractivity contribution in [3.8, 4) is 0 Å². The predicted molar refractivity (Wildman–Crippen MR) is 108 cm³/mol. The van der Waals surface area contributed by atoms with E-state index in [-0.39, 0.29) is 18.2 Å². The van der Waals surface area contributed by atoms with Gasteiger partial charge in [0, 0.05) is 18.6 Å². The number of aliphatic hydroxyl groups is 2. The Labute approximate surface area is 178 Å². The fourth-order valence-electron chi connectivity index (χ4n) is 3.70. The predicted octanol–water partition coefficient (Wildman–Crippen LogP) is -0.192. The minimum atomic E-state index is -1.50. The number of nitrogens with zero attached hydrogens (tertiary/aromatic N) is 1. The van der Waals surface area contributed by atoms with E-state index in [9.17, 15) is 9.59 Å². The quantitative estimate of drug-likeness (QED) is 0.348. The Bertz CT molecular complexity index is 616. The van der Waals surface area contributed by atoms with Crippen molar-refractivity contribution < 1.29 is 34.0 Å². The van der Waals surface area contributed by atoms with Gasteiger partial charge in [0.15, 0.2) is 11.6 Å². The van der Waals surface area contributed by atoms with E-state index in [1.54, 1.807) is 4.90 Å². The molecule has 3 rings (SSSR count). The topological polar surface area (TPSA) is 144 Å². The van der Waals surface area contributed by atoms with Crippen LogP contribution in [0.15, 0.2) is 0 Å². The summed E-state index contributed by atoms with van der Waals surface area (Å²) in [5.74, 6) is -4.47. The molecule has 3 saturated heterocycles. The lowest BCUT2D eigenvalue weighted by atomic mass is 9.91. The molecule has 0 spiro atoms. The number of likely N-dealkylation sites (tertiary alicyclic amines) is 1. The van der Waals surface area contributed by atoms with Crippen LogP contribution in [0.3, 0.4) is 0 Å². The Morgan fingerprint density at radius 2 is 1.77 bits per heavy atom. The van der Waals surface area contributed by atoms with Crippen LogP contribution in [0.4, 0.5) is 0 Å². The number of hydrogen-bond acceptors (Lipinski definition) is 8. The maximum Gasteiger partial charge on any atom is 0.311 e. The monoisotopic (exact) mass is 431 g/mol. The molecule has 0 aromatic heterocycles. The van der Waals surface area contributed by atoms with E-state index >= 15 is 0 Å². The van der Waals surface area contributed by atoms with E-state index in [1.807, 2.05) is 20.8 Å². The largest absolute Gasteiger partial charge is 0.366 e. The van der Waals surface area contributed by atoms with E-state index in [0.29, 0.717) is 32.5 Å². The molecule has 0 radical (unpaired) electrons. The molecule has 30 heavy (non-hydrogen) atoms. The van der Waals surface area contributed by atoms with E-state index in [0.717, 1.165) is 12.8 Å². The molecule has 0 aromatic rings. The number of hydrogen-bond donors (Lipinski definition) is 4. The maximum absolute atomic E-state index is 12.4. The second-order valence-electron chi connectivity index (χ2n) is 9.53. The molecule has 0 bridgehead atoms. The van der Waals surface area contributed by atoms with Gasteiger partial charge in [-0.15, -0.1) is 0 Å². The van der Waals surface area contributed by atoms with Gasteiger partial charge >= 0.3 is 11.8 Å². The van der Waals surface area contributed by atoms with Crippen LogP contribution in [0.5, 0.6) is 0 Å². The van der Waals surface area contributed by atoms with Crippen molar-refractivity contribution in [1.29, 1.82) is 0 Å². The van der Waals surface area contributed by atoms with Crippen LogP contribution in [-0.4, -0.2) is 82.2 Å². The van der Waals surface area contributed by atoms with E-state index in [4.69, 9.17) is 30.2 Å². The summed E-state index contributed by atoms with van der Waals surface area (Å²) in [4.78, 5) is 26.2. The Kier molecular flexibility index (Phi) is 7.53. The smallest absolute Gasteiger partial charge is 0.311 e. The van der Waals surface area contributed by atoms with Gasteiger partial charge in [0.1, 0.15) is 6.10 Å². The van der Waals surface area contributed by atoms with E-state index in [1.165, 1.54) is 13.8 Å². The molecule has 174 valence electrons. The summed E-state index contributed by atoms with van der Waals surface area (Å²) in [7, 11) is 0. The summed E-state index contributed by atoms with van der Waals surface area (Å²) in [6.07, 6.45) is 2.80. The molecule has 3 aliphatic rings. The Morgan fingerprint density at radius 3 is 2.33 bits per heavy atom. The number of nitrogens with two attached hydrogens (primary N) is 1. The number of rotatable bonds is 2. The number of nitrogens with one attached hydrogen (secondary N) is 1. The van der Waals surface area contributed by atoms with Crippen LogP contribution < -0.4 is 11.1 Å². The number of ether oxygens (including phenoxy) is 3. The Morgan fingerprint density at radius 1 is 1.20 bits per heavy atom. The highest BCUT2D eigenvalue weighted by Crippen LogP contribution is 2.41. The highest BCUT2D eigenvalue weighted by atomic mass is 16.8. The summed E-state index contributed by atoms with van der Waals surface area (Å²) in [5.41, 5.74) is 5.80. The number of carbonyl (C=O) groups excluding carboxylic acids is 2. The lowest BCUT2D eigenvalue weighted by molar-refractivity contribution is -0.260. The highest BCUT2D eigenvalue weighted by Gasteiger charge is 2.56. The molecule has 0 saturated carbocycles. The zero-order valence-electron chi connectivity index (χ0n) is 18.7. The third kappa shape index (κ3) is 7.14. The van der Waals surface area contributed by atoms with Crippen molar-refractivity contribution in [3.05, 3.63) is 0 Å². The lowest BCUT2D eigenvalue weighted by Gasteiger charge is -2.37. The molecular formula is C20H37N3O7. The van der Waals surface area contributed by atoms with Gasteiger partial charge in [-0.1, -0.05) is 0 Å². The highest BCUT2D eigenvalue weighted by molar-refractivity contribution is 6.35. The first-order chi connectivity index (χ1) is 13.6. The molecule has 0 aromatic carbocycles. The maximum atomic E-state index is 12.4. The van der Waals surface area contributed by atoms with Gasteiger partial charge in [-0.05, 0) is 60.3 Å². The summed E-state index contributed by atoms with van der Waals surface area (Å²) >= 11 is 0. The average Bonchev–Trinajstić information content (AvgIpc) is 2.88. The number of fused-ring (bicyclic) bond motifs is 1. The second-order valence-corrected chi connectivity index (χ2v) is 9.53. The SMILES string of the molecule is CC(C)(O)O.CC1(N)CCN(C(=O)C(=O)NC[C@@]23OCCCC2OC(C)(C)O3)CC1. The molecule has 10 nitrogen and oxygen atoms in total. The Balaban J connectivity index is 0.000000575. The van der Waals surface area contributed by atoms with Crippen molar-refractivity contribution in [2.45, 2.75) is 89.3 Å². The van der Waals surface area contributed by atoms with Crippen molar-refractivity contribution in [2.24, 2.45) is 5.73 Å². The summed E-state index contributed by atoms with van der Waals surface area (Å²) in [5, 5.41) is 18.8. The molecule has 3 fully saturated rings. The number of carbonyl (C=O) groups is 2. The van der Waals surface area contributed by atoms with E-state index < -0.39 is 29.2 Å². The summed E-state index contributed by atoms with van der Waals surface area (Å²) < 4.78 is 17.6. The molecule has 10 heteroatoms. The van der Waals surface area contributed by atoms with Crippen molar-refractivity contribution >= 4 is 11.8 Å². The summed E-state index contributed by atoms with van der Waals surface area (Å²) in [6, 6.07) is 0. The average molecular weight is 432 g/mol. The van der Waals surface area contributed by atoms with Crippen LogP contribution >= 0.6 is 0 Å². The first-order valence-corrected chi connectivity index (χ1v) is 10.5. The van der Waals surface area contributed by atoms with Gasteiger partial charge < -0.3 is 40.4 Å². The van der Waals surface area contributed by atoms with Gasteiger partial charge in [-0.3, -0.25) is 9.59 Å². The third-order valence-electron chi connectivity index (χ3n) is 5.17. The minimum Gasteiger partial charge on any atom is -0.366 e. The molecule has 1 unspecified atom stereocenters. The van der Waals surface area contributed by atoms with Gasteiger partial charge in [-0.25, -0.2) is 0 Å². The van der Waals surface area contributed by atoms with E-state index in [2.05, 4.69) is 5.32 Å². The molecule has 3 aliphatic heterocycles. The Hall–Kier alpha value is -1.30. The number of piperidine rings is 1. The zero-order valence-corrected chi connectivity index (χ0v) is 18.7. The van der Waals surface area contributed by atoms with Crippen LogP contribution in [-0.2, 0) is 23.8 Å². The van der Waals surface area contributed by atoms with Gasteiger partial charge in [-0.2, -0.15) is 0 Å². The van der Waals surface area contributed by atoms with Gasteiger partial charge in [0.25, 0.3) is 0 Å². The fraction of sp³-hybridized carbons (Fsp3) is 0.900. The fourth-order valence-corrected chi connectivity index (χ4v) is 3.70. The standard InChI is InChI=1S/C17H29N3O5.C3H8O2/c1-15(2)24-12-5-4-10-23-17(12,25-15)11-19-13(21)14(22)20-8-6-16(3,18)7-9-20;1-3(2,4)5/h12H,4-11,18H2,1-3H3,(H,19,21);4-5H,1-2H3/t12?,17-;/m0./s1. The van der Waals surface area contributed by atoms with Gasteiger partial charge in [0.2, 0.25) is 5.79 Å². The van der Waals surface area contributed by atoms with Crippen molar-refractivity contribution in [3.63, 3.8) is 0 Å². The van der Waals surface area contributed by atoms with Crippen LogP contribution in [0.2, 0.25) is 0 Å². The molecular weight excluding hydrogens is 394 g/mol. The number of amides is 2. The minimum absolute atomic E-state index is 0.0914. The lowest BCUT2D eigenvalue weighted by Crippen LogP contribution is -2.57. The third-order valence-corrected chi connectivity index (χ3v) is 5.17. The van der Waals surface area contributed by atoms with Crippen LogP contribution in [0.1, 0.15) is 60.3 Å².